The standard InChI is InChI=1S/C20H24N2O3S/c1-14-16(10-11-17(21-14)18-9-6-12-26-18)20(24)25-13-19(23)22-15-7-4-2-3-5-8-15/h6,9-12,15H,2-5,7-8,13H2,1H3,(H,22,23). The van der Waals surface area contributed by atoms with Gasteiger partial charge in [-0.25, -0.2) is 4.79 Å². The van der Waals surface area contributed by atoms with Gasteiger partial charge in [-0.1, -0.05) is 31.7 Å². The number of pyridine rings is 1. The lowest BCUT2D eigenvalue weighted by molar-refractivity contribution is -0.125. The zero-order valence-corrected chi connectivity index (χ0v) is 15.8. The maximum atomic E-state index is 12.3. The van der Waals surface area contributed by atoms with Crippen LogP contribution in [0.4, 0.5) is 0 Å². The number of amides is 1. The van der Waals surface area contributed by atoms with E-state index in [1.54, 1.807) is 30.4 Å². The molecule has 5 nitrogen and oxygen atoms in total. The van der Waals surface area contributed by atoms with E-state index in [9.17, 15) is 9.59 Å². The lowest BCUT2D eigenvalue weighted by atomic mass is 10.1. The lowest BCUT2D eigenvalue weighted by Gasteiger charge is -2.16. The minimum Gasteiger partial charge on any atom is -0.452 e. The van der Waals surface area contributed by atoms with E-state index in [0.29, 0.717) is 11.3 Å². The first-order valence-electron chi connectivity index (χ1n) is 9.11. The normalized spacial score (nSPS) is 15.3. The van der Waals surface area contributed by atoms with Gasteiger partial charge in [-0.2, -0.15) is 0 Å². The van der Waals surface area contributed by atoms with Crippen LogP contribution in [0.2, 0.25) is 0 Å². The summed E-state index contributed by atoms with van der Waals surface area (Å²) in [5, 5.41) is 4.97. The molecule has 1 saturated carbocycles. The molecule has 138 valence electrons. The van der Waals surface area contributed by atoms with Crippen LogP contribution in [0, 0.1) is 6.92 Å². The Morgan fingerprint density at radius 2 is 1.96 bits per heavy atom. The smallest absolute Gasteiger partial charge is 0.340 e. The third kappa shape index (κ3) is 4.91. The molecule has 26 heavy (non-hydrogen) atoms. The summed E-state index contributed by atoms with van der Waals surface area (Å²) in [5.74, 6) is -0.741. The van der Waals surface area contributed by atoms with Crippen molar-refractivity contribution in [2.75, 3.05) is 6.61 Å². The van der Waals surface area contributed by atoms with Gasteiger partial charge in [0.1, 0.15) is 0 Å². The van der Waals surface area contributed by atoms with E-state index >= 15 is 0 Å². The van der Waals surface area contributed by atoms with Crippen LogP contribution in [-0.2, 0) is 9.53 Å². The SMILES string of the molecule is Cc1nc(-c2cccs2)ccc1C(=O)OCC(=O)NC1CCCCCC1. The van der Waals surface area contributed by atoms with Gasteiger partial charge in [0.2, 0.25) is 0 Å². The van der Waals surface area contributed by atoms with Crippen LogP contribution < -0.4 is 5.32 Å². The van der Waals surface area contributed by atoms with Crippen molar-refractivity contribution in [3.8, 4) is 10.6 Å². The number of hydrogen-bond donors (Lipinski definition) is 1. The van der Waals surface area contributed by atoms with Crippen LogP contribution in [0.1, 0.15) is 54.6 Å². The van der Waals surface area contributed by atoms with Crippen molar-refractivity contribution in [3.05, 3.63) is 40.9 Å². The first kappa shape index (κ1) is 18.6. The predicted molar refractivity (Wildman–Crippen MR) is 102 cm³/mol. The molecule has 1 amide bonds. The Morgan fingerprint density at radius 1 is 1.19 bits per heavy atom. The highest BCUT2D eigenvalue weighted by atomic mass is 32.1. The van der Waals surface area contributed by atoms with Crippen molar-refractivity contribution in [1.29, 1.82) is 0 Å². The third-order valence-electron chi connectivity index (χ3n) is 4.63. The zero-order valence-electron chi connectivity index (χ0n) is 15.0. The van der Waals surface area contributed by atoms with E-state index in [-0.39, 0.29) is 18.6 Å². The first-order chi connectivity index (χ1) is 12.6. The lowest BCUT2D eigenvalue weighted by Crippen LogP contribution is -2.37. The molecule has 0 aliphatic heterocycles. The van der Waals surface area contributed by atoms with E-state index in [4.69, 9.17) is 4.74 Å². The van der Waals surface area contributed by atoms with Gasteiger partial charge < -0.3 is 10.1 Å². The van der Waals surface area contributed by atoms with E-state index in [1.807, 2.05) is 17.5 Å². The number of aromatic nitrogens is 1. The second-order valence-electron chi connectivity index (χ2n) is 6.64. The number of ether oxygens (including phenoxy) is 1. The number of carbonyl (C=O) groups excluding carboxylic acids is 2. The molecular formula is C20H24N2O3S. The summed E-state index contributed by atoms with van der Waals surface area (Å²) in [5.41, 5.74) is 1.83. The molecule has 1 N–H and O–H groups in total. The molecule has 0 radical (unpaired) electrons. The Balaban J connectivity index is 1.53. The van der Waals surface area contributed by atoms with E-state index in [2.05, 4.69) is 10.3 Å². The molecule has 2 aromatic heterocycles. The summed E-state index contributed by atoms with van der Waals surface area (Å²) in [6.45, 7) is 1.53. The van der Waals surface area contributed by atoms with Gasteiger partial charge in [0.25, 0.3) is 5.91 Å². The molecule has 0 spiro atoms. The van der Waals surface area contributed by atoms with E-state index < -0.39 is 5.97 Å². The molecule has 1 fully saturated rings. The number of rotatable bonds is 5. The summed E-state index contributed by atoms with van der Waals surface area (Å²) in [6, 6.07) is 7.68. The molecule has 0 aromatic carbocycles. The number of carbonyl (C=O) groups is 2. The molecule has 1 aliphatic rings. The Bertz CT molecular complexity index is 750. The summed E-state index contributed by atoms with van der Waals surface area (Å²) in [4.78, 5) is 29.9. The van der Waals surface area contributed by atoms with Gasteiger partial charge >= 0.3 is 5.97 Å². The van der Waals surface area contributed by atoms with Crippen molar-refractivity contribution in [1.82, 2.24) is 10.3 Å². The maximum absolute atomic E-state index is 12.3. The highest BCUT2D eigenvalue weighted by Gasteiger charge is 2.18. The molecule has 3 rings (SSSR count). The molecule has 1 aliphatic carbocycles. The van der Waals surface area contributed by atoms with Crippen LogP contribution in [0.3, 0.4) is 0 Å². The largest absolute Gasteiger partial charge is 0.452 e. The van der Waals surface area contributed by atoms with Gasteiger partial charge in [0.05, 0.1) is 21.8 Å². The number of aryl methyl sites for hydroxylation is 1. The van der Waals surface area contributed by atoms with Gasteiger partial charge in [-0.3, -0.25) is 9.78 Å². The fourth-order valence-electron chi connectivity index (χ4n) is 3.24. The minimum atomic E-state index is -0.510. The number of nitrogens with zero attached hydrogens (tertiary/aromatic N) is 1. The van der Waals surface area contributed by atoms with Gasteiger partial charge in [-0.15, -0.1) is 11.3 Å². The van der Waals surface area contributed by atoms with E-state index in [1.165, 1.54) is 12.8 Å². The Morgan fingerprint density at radius 3 is 2.62 bits per heavy atom. The summed E-state index contributed by atoms with van der Waals surface area (Å²) < 4.78 is 5.19. The zero-order chi connectivity index (χ0) is 18.4. The van der Waals surface area contributed by atoms with Crippen LogP contribution >= 0.6 is 11.3 Å². The van der Waals surface area contributed by atoms with Gasteiger partial charge in [-0.05, 0) is 43.3 Å². The summed E-state index contributed by atoms with van der Waals surface area (Å²) in [6.07, 6.45) is 6.77. The average molecular weight is 372 g/mol. The van der Waals surface area contributed by atoms with Crippen molar-refractivity contribution in [3.63, 3.8) is 0 Å². The van der Waals surface area contributed by atoms with Crippen molar-refractivity contribution in [2.24, 2.45) is 0 Å². The monoisotopic (exact) mass is 372 g/mol. The van der Waals surface area contributed by atoms with Crippen molar-refractivity contribution < 1.29 is 14.3 Å². The average Bonchev–Trinajstić information content (AvgIpc) is 3.05. The molecule has 0 atom stereocenters. The van der Waals surface area contributed by atoms with Crippen LogP contribution in [-0.4, -0.2) is 29.5 Å². The molecule has 2 aromatic rings. The van der Waals surface area contributed by atoms with E-state index in [0.717, 1.165) is 36.3 Å². The Hall–Kier alpha value is -2.21. The number of hydrogen-bond acceptors (Lipinski definition) is 5. The van der Waals surface area contributed by atoms with Crippen LogP contribution in [0.5, 0.6) is 0 Å². The highest BCUT2D eigenvalue weighted by molar-refractivity contribution is 7.13. The maximum Gasteiger partial charge on any atom is 0.340 e. The molecular weight excluding hydrogens is 348 g/mol. The highest BCUT2D eigenvalue weighted by Crippen LogP contribution is 2.24. The summed E-state index contributed by atoms with van der Waals surface area (Å²) in [7, 11) is 0. The topological polar surface area (TPSA) is 68.3 Å². The molecule has 0 saturated heterocycles. The Kier molecular flexibility index (Phi) is 6.39. The molecule has 0 bridgehead atoms. The fraction of sp³-hybridized carbons (Fsp3) is 0.450. The third-order valence-corrected chi connectivity index (χ3v) is 5.53. The molecule has 2 heterocycles. The van der Waals surface area contributed by atoms with Gasteiger partial charge in [0.15, 0.2) is 6.61 Å². The van der Waals surface area contributed by atoms with Crippen LogP contribution in [0.15, 0.2) is 29.6 Å². The summed E-state index contributed by atoms with van der Waals surface area (Å²) >= 11 is 1.60. The number of nitrogens with one attached hydrogen (secondary N) is 1. The molecule has 0 unspecified atom stereocenters. The number of esters is 1. The molecule has 6 heteroatoms. The second-order valence-corrected chi connectivity index (χ2v) is 7.59. The van der Waals surface area contributed by atoms with Crippen molar-refractivity contribution in [2.45, 2.75) is 51.5 Å². The van der Waals surface area contributed by atoms with Crippen molar-refractivity contribution >= 4 is 23.2 Å². The number of thiophene rings is 1. The van der Waals surface area contributed by atoms with Crippen LogP contribution in [0.25, 0.3) is 10.6 Å². The van der Waals surface area contributed by atoms with Gasteiger partial charge in [0, 0.05) is 6.04 Å². The first-order valence-corrected chi connectivity index (χ1v) is 9.99. The predicted octanol–water partition coefficient (Wildman–Crippen LogP) is 4.11. The fourth-order valence-corrected chi connectivity index (χ4v) is 3.94. The Labute approximate surface area is 157 Å². The minimum absolute atomic E-state index is 0.206. The second kappa shape index (κ2) is 8.94. The quantitative estimate of drug-likeness (QED) is 0.633.